The summed E-state index contributed by atoms with van der Waals surface area (Å²) in [5, 5.41) is 6.08. The van der Waals surface area contributed by atoms with Crippen molar-refractivity contribution < 1.29 is 18.9 Å². The van der Waals surface area contributed by atoms with Gasteiger partial charge in [-0.1, -0.05) is 25.7 Å². The SMILES string of the molecule is COc1ccc(-c2ccc3c(c2)c(-c2ccnc(N4CCOCC4)c2)nn3COCC[Si](C)(C)C)c(OC)n1. The van der Waals surface area contributed by atoms with Gasteiger partial charge in [-0.25, -0.2) is 9.67 Å². The molecule has 206 valence electrons. The summed E-state index contributed by atoms with van der Waals surface area (Å²) in [5.74, 6) is 1.95. The number of ether oxygens (including phenoxy) is 4. The first-order chi connectivity index (χ1) is 18.9. The second-order valence-corrected chi connectivity index (χ2v) is 16.5. The lowest BCUT2D eigenvalue weighted by molar-refractivity contribution is 0.0818. The van der Waals surface area contributed by atoms with Gasteiger partial charge in [0, 0.05) is 56.5 Å². The van der Waals surface area contributed by atoms with E-state index in [4.69, 9.17) is 24.0 Å². The Bertz CT molecular complexity index is 1430. The summed E-state index contributed by atoms with van der Waals surface area (Å²) in [5.41, 5.74) is 4.77. The van der Waals surface area contributed by atoms with Crippen LogP contribution in [0, 0.1) is 0 Å². The number of morpholine rings is 1. The van der Waals surface area contributed by atoms with Gasteiger partial charge in [0.2, 0.25) is 11.8 Å². The van der Waals surface area contributed by atoms with Crippen LogP contribution in [0.5, 0.6) is 11.8 Å². The first-order valence-corrected chi connectivity index (χ1v) is 17.0. The molecule has 0 saturated carbocycles. The van der Waals surface area contributed by atoms with Crippen LogP contribution in [0.25, 0.3) is 33.3 Å². The lowest BCUT2D eigenvalue weighted by Crippen LogP contribution is -2.36. The quantitative estimate of drug-likeness (QED) is 0.195. The summed E-state index contributed by atoms with van der Waals surface area (Å²) in [6.45, 7) is 11.3. The highest BCUT2D eigenvalue weighted by atomic mass is 28.3. The monoisotopic (exact) mass is 547 g/mol. The van der Waals surface area contributed by atoms with E-state index in [0.717, 1.165) is 64.8 Å². The number of anilines is 1. The zero-order chi connectivity index (χ0) is 27.4. The number of methoxy groups -OCH3 is 2. The molecule has 1 fully saturated rings. The van der Waals surface area contributed by atoms with E-state index < -0.39 is 8.07 Å². The molecule has 39 heavy (non-hydrogen) atoms. The zero-order valence-electron chi connectivity index (χ0n) is 23.4. The summed E-state index contributed by atoms with van der Waals surface area (Å²) >= 11 is 0. The molecule has 0 unspecified atom stereocenters. The third-order valence-electron chi connectivity index (χ3n) is 6.86. The normalized spacial score (nSPS) is 14.1. The first kappa shape index (κ1) is 27.1. The Hall–Kier alpha value is -3.47. The third kappa shape index (κ3) is 6.24. The van der Waals surface area contributed by atoms with Crippen LogP contribution < -0.4 is 14.4 Å². The number of nitrogens with zero attached hydrogens (tertiary/aromatic N) is 5. The van der Waals surface area contributed by atoms with Gasteiger partial charge >= 0.3 is 0 Å². The lowest BCUT2D eigenvalue weighted by atomic mass is 10.0. The van der Waals surface area contributed by atoms with Crippen LogP contribution in [-0.4, -0.2) is 75.0 Å². The van der Waals surface area contributed by atoms with E-state index in [-0.39, 0.29) is 0 Å². The molecule has 0 aliphatic carbocycles. The van der Waals surface area contributed by atoms with E-state index in [2.05, 4.69) is 58.8 Å². The van der Waals surface area contributed by atoms with Crippen LogP contribution in [0.4, 0.5) is 5.82 Å². The van der Waals surface area contributed by atoms with Crippen molar-refractivity contribution in [3.05, 3.63) is 48.7 Å². The topological polar surface area (TPSA) is 83.8 Å². The number of fused-ring (bicyclic) bond motifs is 1. The largest absolute Gasteiger partial charge is 0.481 e. The van der Waals surface area contributed by atoms with Gasteiger partial charge < -0.3 is 23.8 Å². The molecule has 1 aliphatic heterocycles. The molecule has 4 heterocycles. The van der Waals surface area contributed by atoms with Gasteiger partial charge in [-0.05, 0) is 41.9 Å². The number of aromatic nitrogens is 4. The Labute approximate surface area is 230 Å². The van der Waals surface area contributed by atoms with Crippen molar-refractivity contribution in [1.29, 1.82) is 0 Å². The maximum atomic E-state index is 6.11. The summed E-state index contributed by atoms with van der Waals surface area (Å²) in [4.78, 5) is 11.4. The Balaban J connectivity index is 1.56. The summed E-state index contributed by atoms with van der Waals surface area (Å²) in [7, 11) is 2.03. The van der Waals surface area contributed by atoms with Crippen molar-refractivity contribution >= 4 is 24.8 Å². The van der Waals surface area contributed by atoms with Crippen LogP contribution in [0.2, 0.25) is 25.7 Å². The molecule has 4 aromatic rings. The van der Waals surface area contributed by atoms with E-state index in [1.165, 1.54) is 0 Å². The predicted octanol–water partition coefficient (Wildman–Crippen LogP) is 5.33. The van der Waals surface area contributed by atoms with Gasteiger partial charge in [0.15, 0.2) is 0 Å². The van der Waals surface area contributed by atoms with Crippen molar-refractivity contribution in [2.45, 2.75) is 32.4 Å². The molecule has 3 aromatic heterocycles. The molecule has 0 atom stereocenters. The maximum Gasteiger partial charge on any atom is 0.224 e. The Kier molecular flexibility index (Phi) is 8.15. The van der Waals surface area contributed by atoms with Crippen molar-refractivity contribution in [1.82, 2.24) is 19.7 Å². The van der Waals surface area contributed by atoms with Gasteiger partial charge in [-0.15, -0.1) is 0 Å². The van der Waals surface area contributed by atoms with Gasteiger partial charge in [0.1, 0.15) is 18.2 Å². The van der Waals surface area contributed by atoms with Gasteiger partial charge in [0.05, 0.1) is 33.0 Å². The number of hydrogen-bond donors (Lipinski definition) is 0. The Morgan fingerprint density at radius 3 is 2.51 bits per heavy atom. The fourth-order valence-corrected chi connectivity index (χ4v) is 5.39. The lowest BCUT2D eigenvalue weighted by Gasteiger charge is -2.27. The number of hydrogen-bond acceptors (Lipinski definition) is 8. The molecule has 0 amide bonds. The van der Waals surface area contributed by atoms with E-state index in [1.54, 1.807) is 14.2 Å². The molecule has 9 nitrogen and oxygen atoms in total. The molecule has 1 aromatic carbocycles. The van der Waals surface area contributed by atoms with Gasteiger partial charge in [-0.3, -0.25) is 0 Å². The van der Waals surface area contributed by atoms with E-state index in [0.29, 0.717) is 31.7 Å². The minimum Gasteiger partial charge on any atom is -0.481 e. The van der Waals surface area contributed by atoms with Crippen LogP contribution in [0.3, 0.4) is 0 Å². The second-order valence-electron chi connectivity index (χ2n) is 10.8. The summed E-state index contributed by atoms with van der Waals surface area (Å²) in [6, 6.07) is 15.4. The minimum absolute atomic E-state index is 0.398. The molecular weight excluding hydrogens is 510 g/mol. The highest BCUT2D eigenvalue weighted by Crippen LogP contribution is 2.36. The van der Waals surface area contributed by atoms with Crippen molar-refractivity contribution in [3.63, 3.8) is 0 Å². The molecule has 0 spiro atoms. The predicted molar refractivity (Wildman–Crippen MR) is 156 cm³/mol. The second kappa shape index (κ2) is 11.7. The summed E-state index contributed by atoms with van der Waals surface area (Å²) < 4.78 is 24.5. The minimum atomic E-state index is -1.18. The van der Waals surface area contributed by atoms with Crippen LogP contribution in [0.1, 0.15) is 0 Å². The average molecular weight is 548 g/mol. The fourth-order valence-electron chi connectivity index (χ4n) is 4.63. The number of rotatable bonds is 10. The zero-order valence-corrected chi connectivity index (χ0v) is 24.4. The number of pyridine rings is 2. The number of benzene rings is 1. The van der Waals surface area contributed by atoms with Gasteiger partial charge in [-0.2, -0.15) is 10.1 Å². The molecule has 5 rings (SSSR count). The highest BCUT2D eigenvalue weighted by Gasteiger charge is 2.19. The summed E-state index contributed by atoms with van der Waals surface area (Å²) in [6.07, 6.45) is 1.86. The Morgan fingerprint density at radius 1 is 0.949 bits per heavy atom. The smallest absolute Gasteiger partial charge is 0.224 e. The van der Waals surface area contributed by atoms with Crippen molar-refractivity contribution in [2.24, 2.45) is 0 Å². The van der Waals surface area contributed by atoms with E-state index in [9.17, 15) is 0 Å². The average Bonchev–Trinajstić information content (AvgIpc) is 3.32. The van der Waals surface area contributed by atoms with Crippen LogP contribution in [-0.2, 0) is 16.2 Å². The maximum absolute atomic E-state index is 6.11. The molecule has 1 aliphatic rings. The molecule has 0 bridgehead atoms. The molecule has 10 heteroatoms. The van der Waals surface area contributed by atoms with E-state index >= 15 is 0 Å². The van der Waals surface area contributed by atoms with E-state index in [1.807, 2.05) is 29.1 Å². The highest BCUT2D eigenvalue weighted by molar-refractivity contribution is 6.76. The fraction of sp³-hybridized carbons (Fsp3) is 0.414. The third-order valence-corrected chi connectivity index (χ3v) is 8.57. The first-order valence-electron chi connectivity index (χ1n) is 13.3. The van der Waals surface area contributed by atoms with Crippen molar-refractivity contribution in [2.75, 3.05) is 52.0 Å². The van der Waals surface area contributed by atoms with Crippen LogP contribution in [0.15, 0.2) is 48.7 Å². The molecule has 0 radical (unpaired) electrons. The standard InChI is InChI=1S/C29H37N5O4Si/c1-35-27-9-7-23(29(31-27)36-2)21-6-8-25-24(18-21)28(32-34(25)20-38-16-17-39(3,4)5)22-10-11-30-26(19-22)33-12-14-37-15-13-33/h6-11,18-19H,12-17,20H2,1-5H3. The molecule has 1 saturated heterocycles. The molecular formula is C29H37N5O4Si. The van der Waals surface area contributed by atoms with Crippen LogP contribution >= 0.6 is 0 Å². The molecule has 0 N–H and O–H groups in total. The van der Waals surface area contributed by atoms with Crippen molar-refractivity contribution in [3.8, 4) is 34.1 Å². The van der Waals surface area contributed by atoms with Gasteiger partial charge in [0.25, 0.3) is 0 Å². The Morgan fingerprint density at radius 2 is 1.77 bits per heavy atom.